The topological polar surface area (TPSA) is 61.4 Å². The number of hydrogen-bond acceptors (Lipinski definition) is 3. The number of rotatable bonds is 8. The quantitative estimate of drug-likeness (QED) is 0.749. The first-order valence-corrected chi connectivity index (χ1v) is 9.43. The van der Waals surface area contributed by atoms with Crippen molar-refractivity contribution in [3.63, 3.8) is 0 Å². The number of anilines is 1. The lowest BCUT2D eigenvalue weighted by molar-refractivity contribution is 0.0948. The fraction of sp³-hybridized carbons (Fsp3) is 0.364. The lowest BCUT2D eigenvalue weighted by atomic mass is 10.1. The number of amides is 2. The lowest BCUT2D eigenvalue weighted by Crippen LogP contribution is -2.34. The third-order valence-electron chi connectivity index (χ3n) is 4.78. The Morgan fingerprint density at radius 1 is 0.852 bits per heavy atom. The number of hydrogen-bond donors (Lipinski definition) is 2. The van der Waals surface area contributed by atoms with E-state index < -0.39 is 0 Å². The molecule has 0 saturated heterocycles. The number of nitrogens with one attached hydrogen (secondary N) is 2. The minimum absolute atomic E-state index is 0.103. The molecule has 0 aliphatic heterocycles. The molecule has 0 aromatic heterocycles. The van der Waals surface area contributed by atoms with Gasteiger partial charge in [-0.2, -0.15) is 0 Å². The van der Waals surface area contributed by atoms with E-state index in [0.29, 0.717) is 23.4 Å². The Kier molecular flexibility index (Phi) is 7.55. The average molecular weight is 367 g/mol. The minimum Gasteiger partial charge on any atom is -0.351 e. The Bertz CT molecular complexity index is 781. The molecule has 2 rings (SSSR count). The van der Waals surface area contributed by atoms with E-state index in [1.807, 2.05) is 32.0 Å². The fourth-order valence-corrected chi connectivity index (χ4v) is 2.76. The molecule has 0 heterocycles. The van der Waals surface area contributed by atoms with Crippen molar-refractivity contribution in [3.05, 3.63) is 64.7 Å². The van der Waals surface area contributed by atoms with Crippen molar-refractivity contribution in [3.8, 4) is 0 Å². The maximum atomic E-state index is 12.4. The SMILES string of the molecule is CCN(CC)CCNC(=O)c1ccc(NC(=O)c2ccc(C)c(C)c2)cc1. The van der Waals surface area contributed by atoms with E-state index in [1.165, 1.54) is 0 Å². The van der Waals surface area contributed by atoms with Crippen LogP contribution in [0.3, 0.4) is 0 Å². The number of likely N-dealkylation sites (N-methyl/N-ethyl adjacent to an activating group) is 1. The maximum Gasteiger partial charge on any atom is 0.255 e. The van der Waals surface area contributed by atoms with Gasteiger partial charge in [-0.05, 0) is 74.5 Å². The highest BCUT2D eigenvalue weighted by Gasteiger charge is 2.09. The molecular weight excluding hydrogens is 338 g/mol. The van der Waals surface area contributed by atoms with Crippen LogP contribution in [0.1, 0.15) is 45.7 Å². The van der Waals surface area contributed by atoms with Crippen LogP contribution in [0.15, 0.2) is 42.5 Å². The standard InChI is InChI=1S/C22H29N3O2/c1-5-25(6-2)14-13-23-21(26)18-9-11-20(12-10-18)24-22(27)19-8-7-16(3)17(4)15-19/h7-12,15H,5-6,13-14H2,1-4H3,(H,23,26)(H,24,27). The summed E-state index contributed by atoms with van der Waals surface area (Å²) < 4.78 is 0. The molecule has 0 aliphatic carbocycles. The van der Waals surface area contributed by atoms with Crippen molar-refractivity contribution >= 4 is 17.5 Å². The van der Waals surface area contributed by atoms with Crippen molar-refractivity contribution < 1.29 is 9.59 Å². The first-order valence-electron chi connectivity index (χ1n) is 9.43. The summed E-state index contributed by atoms with van der Waals surface area (Å²) in [6.07, 6.45) is 0. The van der Waals surface area contributed by atoms with Crippen molar-refractivity contribution in [2.75, 3.05) is 31.5 Å². The third kappa shape index (κ3) is 5.93. The van der Waals surface area contributed by atoms with E-state index in [1.54, 1.807) is 24.3 Å². The molecule has 0 unspecified atom stereocenters. The zero-order valence-electron chi connectivity index (χ0n) is 16.6. The van der Waals surface area contributed by atoms with Crippen molar-refractivity contribution in [1.29, 1.82) is 0 Å². The largest absolute Gasteiger partial charge is 0.351 e. The van der Waals surface area contributed by atoms with Gasteiger partial charge in [0.1, 0.15) is 0 Å². The number of nitrogens with zero attached hydrogens (tertiary/aromatic N) is 1. The molecule has 5 heteroatoms. The maximum absolute atomic E-state index is 12.4. The lowest BCUT2D eigenvalue weighted by Gasteiger charge is -2.18. The Balaban J connectivity index is 1.91. The molecule has 2 aromatic carbocycles. The summed E-state index contributed by atoms with van der Waals surface area (Å²) in [6, 6.07) is 12.6. The van der Waals surface area contributed by atoms with Gasteiger partial charge in [0.15, 0.2) is 0 Å². The Hall–Kier alpha value is -2.66. The first-order chi connectivity index (χ1) is 12.9. The number of carbonyl (C=O) groups excluding carboxylic acids is 2. The summed E-state index contributed by atoms with van der Waals surface area (Å²) in [5.41, 5.74) is 4.11. The van der Waals surface area contributed by atoms with E-state index in [2.05, 4.69) is 29.4 Å². The van der Waals surface area contributed by atoms with Gasteiger partial charge >= 0.3 is 0 Å². The van der Waals surface area contributed by atoms with Gasteiger partial charge in [0.05, 0.1) is 0 Å². The molecule has 144 valence electrons. The van der Waals surface area contributed by atoms with Crippen LogP contribution in [0, 0.1) is 13.8 Å². The molecule has 0 spiro atoms. The van der Waals surface area contributed by atoms with Crippen molar-refractivity contribution in [2.24, 2.45) is 0 Å². The third-order valence-corrected chi connectivity index (χ3v) is 4.78. The Morgan fingerprint density at radius 3 is 2.07 bits per heavy atom. The fourth-order valence-electron chi connectivity index (χ4n) is 2.76. The van der Waals surface area contributed by atoms with Crippen LogP contribution in [0.5, 0.6) is 0 Å². The van der Waals surface area contributed by atoms with E-state index in [4.69, 9.17) is 0 Å². The normalized spacial score (nSPS) is 10.7. The van der Waals surface area contributed by atoms with Crippen LogP contribution >= 0.6 is 0 Å². The average Bonchev–Trinajstić information content (AvgIpc) is 2.67. The Morgan fingerprint density at radius 2 is 1.48 bits per heavy atom. The summed E-state index contributed by atoms with van der Waals surface area (Å²) in [6.45, 7) is 11.6. The molecular formula is C22H29N3O2. The van der Waals surface area contributed by atoms with Crippen LogP contribution in [-0.2, 0) is 0 Å². The number of carbonyl (C=O) groups is 2. The highest BCUT2D eigenvalue weighted by Crippen LogP contribution is 2.14. The van der Waals surface area contributed by atoms with Gasteiger partial charge in [0.25, 0.3) is 11.8 Å². The van der Waals surface area contributed by atoms with Crippen molar-refractivity contribution in [1.82, 2.24) is 10.2 Å². The summed E-state index contributed by atoms with van der Waals surface area (Å²) in [5, 5.41) is 5.79. The zero-order chi connectivity index (χ0) is 19.8. The predicted octanol–water partition coefficient (Wildman–Crippen LogP) is 3.63. The van der Waals surface area contributed by atoms with Gasteiger partial charge in [-0.1, -0.05) is 19.9 Å². The molecule has 27 heavy (non-hydrogen) atoms. The molecule has 2 N–H and O–H groups in total. The first kappa shape index (κ1) is 20.6. The summed E-state index contributed by atoms with van der Waals surface area (Å²) in [7, 11) is 0. The minimum atomic E-state index is -0.158. The van der Waals surface area contributed by atoms with Crippen LogP contribution < -0.4 is 10.6 Å². The zero-order valence-corrected chi connectivity index (χ0v) is 16.6. The molecule has 0 saturated carbocycles. The van der Waals surface area contributed by atoms with Crippen molar-refractivity contribution in [2.45, 2.75) is 27.7 Å². The molecule has 0 fully saturated rings. The monoisotopic (exact) mass is 367 g/mol. The van der Waals surface area contributed by atoms with Crippen LogP contribution in [0.2, 0.25) is 0 Å². The molecule has 2 amide bonds. The predicted molar refractivity (Wildman–Crippen MR) is 110 cm³/mol. The van der Waals surface area contributed by atoms with Crippen LogP contribution in [0.4, 0.5) is 5.69 Å². The van der Waals surface area contributed by atoms with E-state index in [0.717, 1.165) is 30.8 Å². The molecule has 0 atom stereocenters. The second-order valence-electron chi connectivity index (χ2n) is 6.61. The van der Waals surface area contributed by atoms with E-state index in [9.17, 15) is 9.59 Å². The molecule has 2 aromatic rings. The van der Waals surface area contributed by atoms with Gasteiger partial charge in [-0.15, -0.1) is 0 Å². The highest BCUT2D eigenvalue weighted by molar-refractivity contribution is 6.04. The molecule has 0 radical (unpaired) electrons. The summed E-state index contributed by atoms with van der Waals surface area (Å²) in [5.74, 6) is -0.260. The number of aryl methyl sites for hydroxylation is 2. The molecule has 5 nitrogen and oxygen atoms in total. The molecule has 0 aliphatic rings. The number of benzene rings is 2. The second kappa shape index (κ2) is 9.88. The van der Waals surface area contributed by atoms with Crippen LogP contribution in [0.25, 0.3) is 0 Å². The smallest absolute Gasteiger partial charge is 0.255 e. The van der Waals surface area contributed by atoms with Gasteiger partial charge in [-0.3, -0.25) is 9.59 Å². The van der Waals surface area contributed by atoms with Gasteiger partial charge < -0.3 is 15.5 Å². The summed E-state index contributed by atoms with van der Waals surface area (Å²) >= 11 is 0. The summed E-state index contributed by atoms with van der Waals surface area (Å²) in [4.78, 5) is 26.8. The van der Waals surface area contributed by atoms with Gasteiger partial charge in [0, 0.05) is 29.9 Å². The van der Waals surface area contributed by atoms with Crippen LogP contribution in [-0.4, -0.2) is 42.9 Å². The highest BCUT2D eigenvalue weighted by atomic mass is 16.2. The van der Waals surface area contributed by atoms with Gasteiger partial charge in [0.2, 0.25) is 0 Å². The van der Waals surface area contributed by atoms with Gasteiger partial charge in [-0.25, -0.2) is 0 Å². The van der Waals surface area contributed by atoms with E-state index in [-0.39, 0.29) is 11.8 Å². The Labute approximate surface area is 161 Å². The second-order valence-corrected chi connectivity index (χ2v) is 6.61. The molecule has 0 bridgehead atoms. The van der Waals surface area contributed by atoms with E-state index >= 15 is 0 Å².